The molecule has 0 aliphatic carbocycles. The van der Waals surface area contributed by atoms with E-state index in [0.29, 0.717) is 12.4 Å². The Kier molecular flexibility index (Phi) is 3.99. The number of hydrogen-bond acceptors (Lipinski definition) is 3. The Balaban J connectivity index is 2.36. The van der Waals surface area contributed by atoms with Gasteiger partial charge in [0.25, 0.3) is 0 Å². The van der Waals surface area contributed by atoms with Crippen molar-refractivity contribution in [3.05, 3.63) is 51.6 Å². The minimum absolute atomic E-state index is 0.395. The quantitative estimate of drug-likeness (QED) is 0.940. The van der Waals surface area contributed by atoms with Crippen molar-refractivity contribution in [1.82, 2.24) is 4.98 Å². The molecular weight excluding hydrogens is 292 g/mol. The number of halogens is 1. The predicted octanol–water partition coefficient (Wildman–Crippen LogP) is 3.71. The van der Waals surface area contributed by atoms with Gasteiger partial charge in [0.2, 0.25) is 5.88 Å². The summed E-state index contributed by atoms with van der Waals surface area (Å²) in [5.74, 6) is 1.38. The van der Waals surface area contributed by atoms with Crippen LogP contribution < -0.4 is 10.5 Å². The summed E-state index contributed by atoms with van der Waals surface area (Å²) in [6.07, 6.45) is 1.71. The highest BCUT2D eigenvalue weighted by atomic mass is 79.9. The Morgan fingerprint density at radius 1 is 1.28 bits per heavy atom. The van der Waals surface area contributed by atoms with Gasteiger partial charge in [-0.1, -0.05) is 12.1 Å². The first kappa shape index (κ1) is 13.1. The molecule has 18 heavy (non-hydrogen) atoms. The van der Waals surface area contributed by atoms with Crippen molar-refractivity contribution in [2.24, 2.45) is 5.73 Å². The van der Waals surface area contributed by atoms with Crippen molar-refractivity contribution in [3.8, 4) is 11.6 Å². The zero-order chi connectivity index (χ0) is 13.1. The van der Waals surface area contributed by atoms with Crippen molar-refractivity contribution in [3.63, 3.8) is 0 Å². The van der Waals surface area contributed by atoms with Crippen molar-refractivity contribution < 1.29 is 4.74 Å². The van der Waals surface area contributed by atoms with Crippen LogP contribution in [0.1, 0.15) is 16.7 Å². The molecule has 2 N–H and O–H groups in total. The Morgan fingerprint density at radius 2 is 2.06 bits per heavy atom. The van der Waals surface area contributed by atoms with E-state index < -0.39 is 0 Å². The molecule has 0 aliphatic rings. The number of ether oxygens (including phenoxy) is 1. The highest BCUT2D eigenvalue weighted by molar-refractivity contribution is 9.10. The topological polar surface area (TPSA) is 48.1 Å². The first-order valence-corrected chi connectivity index (χ1v) is 6.49. The van der Waals surface area contributed by atoms with Crippen LogP contribution in [0.25, 0.3) is 0 Å². The maximum atomic E-state index is 5.86. The average Bonchev–Trinajstić information content (AvgIpc) is 2.36. The van der Waals surface area contributed by atoms with Gasteiger partial charge in [-0.3, -0.25) is 0 Å². The molecular formula is C14H15BrN2O. The average molecular weight is 307 g/mol. The third-order valence-electron chi connectivity index (χ3n) is 2.66. The first-order chi connectivity index (χ1) is 8.60. The van der Waals surface area contributed by atoms with Crippen LogP contribution in [0.4, 0.5) is 0 Å². The predicted molar refractivity (Wildman–Crippen MR) is 75.8 cm³/mol. The standard InChI is InChI=1S/C14H15BrN2O/c1-9-3-4-10(2)13(5-9)18-14-11(7-16)6-12(15)8-17-14/h3-6,8H,7,16H2,1-2H3. The van der Waals surface area contributed by atoms with Crippen LogP contribution in [-0.4, -0.2) is 4.98 Å². The fourth-order valence-corrected chi connectivity index (χ4v) is 2.01. The smallest absolute Gasteiger partial charge is 0.223 e. The number of nitrogens with two attached hydrogens (primary N) is 1. The van der Waals surface area contributed by atoms with Gasteiger partial charge in [-0.25, -0.2) is 4.98 Å². The van der Waals surface area contributed by atoms with Crippen LogP contribution in [0, 0.1) is 13.8 Å². The Morgan fingerprint density at radius 3 is 2.78 bits per heavy atom. The molecule has 0 spiro atoms. The maximum Gasteiger partial charge on any atom is 0.223 e. The maximum absolute atomic E-state index is 5.86. The van der Waals surface area contributed by atoms with Crippen LogP contribution in [-0.2, 0) is 6.54 Å². The van der Waals surface area contributed by atoms with Crippen LogP contribution in [0.15, 0.2) is 34.9 Å². The van der Waals surface area contributed by atoms with Crippen molar-refractivity contribution in [2.45, 2.75) is 20.4 Å². The highest BCUT2D eigenvalue weighted by Crippen LogP contribution is 2.28. The van der Waals surface area contributed by atoms with Gasteiger partial charge in [0, 0.05) is 22.8 Å². The number of rotatable bonds is 3. The largest absolute Gasteiger partial charge is 0.438 e. The lowest BCUT2D eigenvalue weighted by molar-refractivity contribution is 0.452. The van der Waals surface area contributed by atoms with Crippen LogP contribution in [0.3, 0.4) is 0 Å². The summed E-state index contributed by atoms with van der Waals surface area (Å²) in [7, 11) is 0. The lowest BCUT2D eigenvalue weighted by Gasteiger charge is -2.11. The molecule has 0 bridgehead atoms. The molecule has 0 aliphatic heterocycles. The third-order valence-corrected chi connectivity index (χ3v) is 3.10. The zero-order valence-electron chi connectivity index (χ0n) is 10.4. The summed E-state index contributed by atoms with van der Waals surface area (Å²) in [4.78, 5) is 4.27. The van der Waals surface area contributed by atoms with Gasteiger partial charge in [0.05, 0.1) is 0 Å². The molecule has 0 unspecified atom stereocenters. The fraction of sp³-hybridized carbons (Fsp3) is 0.214. The summed E-state index contributed by atoms with van der Waals surface area (Å²) in [5, 5.41) is 0. The lowest BCUT2D eigenvalue weighted by Crippen LogP contribution is -2.02. The van der Waals surface area contributed by atoms with E-state index in [9.17, 15) is 0 Å². The second-order valence-electron chi connectivity index (χ2n) is 4.19. The SMILES string of the molecule is Cc1ccc(C)c(Oc2ncc(Br)cc2CN)c1. The van der Waals surface area contributed by atoms with Crippen LogP contribution >= 0.6 is 15.9 Å². The van der Waals surface area contributed by atoms with E-state index >= 15 is 0 Å². The first-order valence-electron chi connectivity index (χ1n) is 5.69. The highest BCUT2D eigenvalue weighted by Gasteiger charge is 2.08. The van der Waals surface area contributed by atoms with E-state index in [2.05, 4.69) is 27.0 Å². The van der Waals surface area contributed by atoms with E-state index in [1.54, 1.807) is 6.20 Å². The molecule has 94 valence electrons. The normalized spacial score (nSPS) is 10.4. The molecule has 0 radical (unpaired) electrons. The van der Waals surface area contributed by atoms with Gasteiger partial charge < -0.3 is 10.5 Å². The molecule has 0 atom stereocenters. The van der Waals surface area contributed by atoms with E-state index in [0.717, 1.165) is 26.9 Å². The number of pyridine rings is 1. The molecule has 4 heteroatoms. The summed E-state index contributed by atoms with van der Waals surface area (Å²) in [6, 6.07) is 8.01. The molecule has 1 heterocycles. The van der Waals surface area contributed by atoms with Crippen molar-refractivity contribution in [2.75, 3.05) is 0 Å². The minimum atomic E-state index is 0.395. The number of aryl methyl sites for hydroxylation is 2. The van der Waals surface area contributed by atoms with Gasteiger partial charge in [-0.2, -0.15) is 0 Å². The molecule has 0 amide bonds. The van der Waals surface area contributed by atoms with E-state index in [1.807, 2.05) is 32.0 Å². The second kappa shape index (κ2) is 5.50. The van der Waals surface area contributed by atoms with Gasteiger partial charge in [0.1, 0.15) is 5.75 Å². The van der Waals surface area contributed by atoms with Crippen molar-refractivity contribution >= 4 is 15.9 Å². The number of benzene rings is 1. The molecule has 3 nitrogen and oxygen atoms in total. The van der Waals surface area contributed by atoms with Gasteiger partial charge in [-0.15, -0.1) is 0 Å². The van der Waals surface area contributed by atoms with E-state index in [1.165, 1.54) is 0 Å². The molecule has 1 aromatic carbocycles. The van der Waals surface area contributed by atoms with Gasteiger partial charge in [0.15, 0.2) is 0 Å². The summed E-state index contributed by atoms with van der Waals surface area (Å²) in [6.45, 7) is 4.44. The lowest BCUT2D eigenvalue weighted by atomic mass is 10.1. The zero-order valence-corrected chi connectivity index (χ0v) is 12.0. The minimum Gasteiger partial charge on any atom is -0.438 e. The summed E-state index contributed by atoms with van der Waals surface area (Å²) >= 11 is 3.38. The Labute approximate surface area is 115 Å². The Bertz CT molecular complexity index is 570. The molecule has 0 fully saturated rings. The van der Waals surface area contributed by atoms with E-state index in [4.69, 9.17) is 10.5 Å². The molecule has 2 aromatic rings. The van der Waals surface area contributed by atoms with E-state index in [-0.39, 0.29) is 0 Å². The fourth-order valence-electron chi connectivity index (χ4n) is 1.63. The number of hydrogen-bond donors (Lipinski definition) is 1. The molecule has 2 rings (SSSR count). The molecule has 1 aromatic heterocycles. The third kappa shape index (κ3) is 2.89. The van der Waals surface area contributed by atoms with Crippen molar-refractivity contribution in [1.29, 1.82) is 0 Å². The number of aromatic nitrogens is 1. The Hall–Kier alpha value is -1.39. The molecule has 0 saturated carbocycles. The monoisotopic (exact) mass is 306 g/mol. The summed E-state index contributed by atoms with van der Waals surface area (Å²) in [5.41, 5.74) is 8.81. The molecule has 0 saturated heterocycles. The summed E-state index contributed by atoms with van der Waals surface area (Å²) < 4.78 is 6.75. The van der Waals surface area contributed by atoms with Gasteiger partial charge in [-0.05, 0) is 53.0 Å². The van der Waals surface area contributed by atoms with Crippen LogP contribution in [0.5, 0.6) is 11.6 Å². The number of nitrogens with zero attached hydrogens (tertiary/aromatic N) is 1. The van der Waals surface area contributed by atoms with Crippen LogP contribution in [0.2, 0.25) is 0 Å². The second-order valence-corrected chi connectivity index (χ2v) is 5.11. The van der Waals surface area contributed by atoms with Gasteiger partial charge >= 0.3 is 0 Å².